The van der Waals surface area contributed by atoms with Crippen molar-refractivity contribution in [2.75, 3.05) is 26.7 Å². The minimum absolute atomic E-state index is 0.274. The predicted octanol–water partition coefficient (Wildman–Crippen LogP) is 3.32. The number of methoxy groups -OCH3 is 1. The topological polar surface area (TPSA) is 55.6 Å². The van der Waals surface area contributed by atoms with Gasteiger partial charge in [-0.05, 0) is 48.6 Å². The summed E-state index contributed by atoms with van der Waals surface area (Å²) in [5, 5.41) is 0. The smallest absolute Gasteiger partial charge is 0.233 e. The maximum atomic E-state index is 13.6. The van der Waals surface area contributed by atoms with Crippen LogP contribution in [0.4, 0.5) is 0 Å². The molecule has 1 aliphatic carbocycles. The molecule has 2 N–H and O–H groups in total. The van der Waals surface area contributed by atoms with Gasteiger partial charge in [0.15, 0.2) is 0 Å². The van der Waals surface area contributed by atoms with Gasteiger partial charge in [-0.15, -0.1) is 0 Å². The third-order valence-electron chi connectivity index (χ3n) is 6.52. The second kappa shape index (κ2) is 7.35. The molecule has 2 atom stereocenters. The highest BCUT2D eigenvalue weighted by atomic mass is 16.5. The van der Waals surface area contributed by atoms with Crippen LogP contribution in [0.25, 0.3) is 0 Å². The Hall–Kier alpha value is -2.33. The summed E-state index contributed by atoms with van der Waals surface area (Å²) in [6, 6.07) is 18.5. The summed E-state index contributed by atoms with van der Waals surface area (Å²) in [6.45, 7) is 2.13. The van der Waals surface area contributed by atoms with Gasteiger partial charge in [-0.3, -0.25) is 4.79 Å². The molecule has 0 unspecified atom stereocenters. The monoisotopic (exact) mass is 364 g/mol. The van der Waals surface area contributed by atoms with E-state index in [1.165, 1.54) is 5.56 Å². The molecule has 2 aromatic carbocycles. The zero-order chi connectivity index (χ0) is 18.9. The molecule has 1 aliphatic heterocycles. The first-order valence-electron chi connectivity index (χ1n) is 9.87. The quantitative estimate of drug-likeness (QED) is 0.885. The minimum atomic E-state index is -0.364. The second-order valence-electron chi connectivity index (χ2n) is 7.89. The van der Waals surface area contributed by atoms with E-state index in [2.05, 4.69) is 41.3 Å². The van der Waals surface area contributed by atoms with E-state index in [0.29, 0.717) is 18.4 Å². The molecule has 4 heteroatoms. The summed E-state index contributed by atoms with van der Waals surface area (Å²) in [7, 11) is 1.67. The fraction of sp³-hybridized carbons (Fsp3) is 0.435. The van der Waals surface area contributed by atoms with Crippen molar-refractivity contribution in [1.29, 1.82) is 0 Å². The Balaban J connectivity index is 1.57. The molecule has 2 fully saturated rings. The van der Waals surface area contributed by atoms with Crippen molar-refractivity contribution in [3.05, 3.63) is 65.7 Å². The largest absolute Gasteiger partial charge is 0.497 e. The summed E-state index contributed by atoms with van der Waals surface area (Å²) in [4.78, 5) is 15.7. The molecule has 2 aliphatic rings. The number of hydrogen-bond acceptors (Lipinski definition) is 3. The Morgan fingerprint density at radius 2 is 1.81 bits per heavy atom. The van der Waals surface area contributed by atoms with Crippen LogP contribution in [0.15, 0.2) is 54.6 Å². The lowest BCUT2D eigenvalue weighted by Crippen LogP contribution is -2.50. The van der Waals surface area contributed by atoms with Crippen LogP contribution in [-0.2, 0) is 10.2 Å². The van der Waals surface area contributed by atoms with Crippen molar-refractivity contribution in [1.82, 2.24) is 4.90 Å². The van der Waals surface area contributed by atoms with E-state index in [-0.39, 0.29) is 11.3 Å². The maximum Gasteiger partial charge on any atom is 0.233 e. The third-order valence-corrected chi connectivity index (χ3v) is 6.52. The van der Waals surface area contributed by atoms with E-state index in [0.717, 1.165) is 43.7 Å². The molecule has 0 bridgehead atoms. The van der Waals surface area contributed by atoms with Crippen molar-refractivity contribution in [3.8, 4) is 5.75 Å². The summed E-state index contributed by atoms with van der Waals surface area (Å²) in [6.07, 6.45) is 2.96. The molecule has 4 nitrogen and oxygen atoms in total. The summed E-state index contributed by atoms with van der Waals surface area (Å²) in [5.74, 6) is 1.75. The zero-order valence-electron chi connectivity index (χ0n) is 15.9. The number of rotatable bonds is 5. The van der Waals surface area contributed by atoms with Gasteiger partial charge in [0.05, 0.1) is 12.5 Å². The lowest BCUT2D eigenvalue weighted by molar-refractivity contribution is -0.140. The van der Waals surface area contributed by atoms with E-state index in [1.54, 1.807) is 7.11 Å². The Kier molecular flexibility index (Phi) is 4.92. The summed E-state index contributed by atoms with van der Waals surface area (Å²) >= 11 is 0. The number of nitrogens with two attached hydrogens (primary N) is 1. The van der Waals surface area contributed by atoms with Crippen LogP contribution in [0.1, 0.15) is 36.3 Å². The van der Waals surface area contributed by atoms with E-state index in [1.807, 2.05) is 18.2 Å². The Bertz CT molecular complexity index is 784. The van der Waals surface area contributed by atoms with Crippen molar-refractivity contribution in [2.24, 2.45) is 11.7 Å². The molecule has 1 saturated carbocycles. The van der Waals surface area contributed by atoms with Crippen LogP contribution in [0.3, 0.4) is 0 Å². The minimum Gasteiger partial charge on any atom is -0.497 e. The molecule has 1 saturated heterocycles. The van der Waals surface area contributed by atoms with Gasteiger partial charge in [-0.1, -0.05) is 48.9 Å². The summed E-state index contributed by atoms with van der Waals surface area (Å²) < 4.78 is 5.28. The predicted molar refractivity (Wildman–Crippen MR) is 107 cm³/mol. The lowest BCUT2D eigenvalue weighted by atomic mass is 9.63. The molecular formula is C23H28N2O2. The number of amides is 1. The number of nitrogens with zero attached hydrogens (tertiary/aromatic N) is 1. The average Bonchev–Trinajstić information content (AvgIpc) is 3.13. The van der Waals surface area contributed by atoms with Gasteiger partial charge in [-0.2, -0.15) is 0 Å². The fourth-order valence-corrected chi connectivity index (χ4v) is 4.72. The maximum absolute atomic E-state index is 13.6. The number of likely N-dealkylation sites (tertiary alicyclic amines) is 1. The van der Waals surface area contributed by atoms with Crippen molar-refractivity contribution >= 4 is 5.91 Å². The molecule has 0 radical (unpaired) electrons. The highest BCUT2D eigenvalue weighted by Gasteiger charge is 2.50. The second-order valence-corrected chi connectivity index (χ2v) is 7.89. The molecular weight excluding hydrogens is 336 g/mol. The standard InChI is InChI=1S/C23H28N2O2/c1-27-20-10-8-19(9-11-20)23(12-5-13-23)22(26)25-15-18(14-24)21(16-25)17-6-3-2-4-7-17/h2-4,6-11,18,21H,5,12-16,24H2,1H3/t18-,21+/m1/s1. The lowest BCUT2D eigenvalue weighted by Gasteiger charge is -2.43. The Labute approximate surface area is 161 Å². The van der Waals surface area contributed by atoms with E-state index in [4.69, 9.17) is 10.5 Å². The van der Waals surface area contributed by atoms with Crippen LogP contribution < -0.4 is 10.5 Å². The molecule has 1 amide bonds. The average molecular weight is 364 g/mol. The van der Waals surface area contributed by atoms with E-state index < -0.39 is 0 Å². The van der Waals surface area contributed by atoms with Crippen LogP contribution in [0.5, 0.6) is 5.75 Å². The Morgan fingerprint density at radius 1 is 1.11 bits per heavy atom. The van der Waals surface area contributed by atoms with Crippen LogP contribution >= 0.6 is 0 Å². The van der Waals surface area contributed by atoms with E-state index >= 15 is 0 Å². The van der Waals surface area contributed by atoms with Crippen molar-refractivity contribution in [3.63, 3.8) is 0 Å². The number of ether oxygens (including phenoxy) is 1. The van der Waals surface area contributed by atoms with Gasteiger partial charge in [0.1, 0.15) is 5.75 Å². The van der Waals surface area contributed by atoms with Gasteiger partial charge in [0.2, 0.25) is 5.91 Å². The Morgan fingerprint density at radius 3 is 2.37 bits per heavy atom. The fourth-order valence-electron chi connectivity index (χ4n) is 4.72. The SMILES string of the molecule is COc1ccc(C2(C(=O)N3C[C@@H](CN)[C@H](c4ccccc4)C3)CCC2)cc1. The highest BCUT2D eigenvalue weighted by Crippen LogP contribution is 2.47. The number of benzene rings is 2. The number of carbonyl (C=O) groups is 1. The first-order valence-corrected chi connectivity index (χ1v) is 9.87. The molecule has 0 spiro atoms. The van der Waals surface area contributed by atoms with Crippen molar-refractivity contribution < 1.29 is 9.53 Å². The van der Waals surface area contributed by atoms with Gasteiger partial charge < -0.3 is 15.4 Å². The van der Waals surface area contributed by atoms with Crippen molar-refractivity contribution in [2.45, 2.75) is 30.6 Å². The molecule has 4 rings (SSSR count). The number of carbonyl (C=O) groups excluding carboxylic acids is 1. The number of hydrogen-bond donors (Lipinski definition) is 1. The molecule has 0 aromatic heterocycles. The molecule has 2 aromatic rings. The first kappa shape index (κ1) is 18.1. The van der Waals surface area contributed by atoms with Gasteiger partial charge in [-0.25, -0.2) is 0 Å². The molecule has 142 valence electrons. The van der Waals surface area contributed by atoms with Gasteiger partial charge >= 0.3 is 0 Å². The van der Waals surface area contributed by atoms with Gasteiger partial charge in [0, 0.05) is 19.0 Å². The van der Waals surface area contributed by atoms with Crippen LogP contribution in [-0.4, -0.2) is 37.6 Å². The molecule has 1 heterocycles. The van der Waals surface area contributed by atoms with Crippen LogP contribution in [0, 0.1) is 5.92 Å². The van der Waals surface area contributed by atoms with Crippen LogP contribution in [0.2, 0.25) is 0 Å². The molecule has 27 heavy (non-hydrogen) atoms. The zero-order valence-corrected chi connectivity index (χ0v) is 15.9. The third kappa shape index (κ3) is 3.12. The highest BCUT2D eigenvalue weighted by molar-refractivity contribution is 5.89. The summed E-state index contributed by atoms with van der Waals surface area (Å²) in [5.41, 5.74) is 8.11. The first-order chi connectivity index (χ1) is 13.2. The van der Waals surface area contributed by atoms with Gasteiger partial charge in [0.25, 0.3) is 0 Å². The van der Waals surface area contributed by atoms with E-state index in [9.17, 15) is 4.79 Å². The normalized spacial score (nSPS) is 23.7.